The van der Waals surface area contributed by atoms with Crippen LogP contribution in [0.3, 0.4) is 0 Å². The fourth-order valence-corrected chi connectivity index (χ4v) is 13.2. The molecule has 8 rings (SSSR count). The third kappa shape index (κ3) is 2.81. The number of rotatable bonds is 5. The van der Waals surface area contributed by atoms with E-state index < -0.39 is 11.7 Å². The Bertz CT molecular complexity index is 984. The fourth-order valence-electron chi connectivity index (χ4n) is 13.2. The van der Waals surface area contributed by atoms with Crippen molar-refractivity contribution in [1.82, 2.24) is 5.32 Å². The van der Waals surface area contributed by atoms with E-state index in [1.165, 1.54) is 58.3 Å². The molecular weight excluding hydrogens is 462 g/mol. The van der Waals surface area contributed by atoms with Crippen molar-refractivity contribution in [2.24, 2.45) is 51.2 Å². The van der Waals surface area contributed by atoms with Crippen LogP contribution in [0.1, 0.15) is 112 Å². The molecule has 208 valence electrons. The molecule has 0 radical (unpaired) electrons. The number of piperidine rings is 2. The van der Waals surface area contributed by atoms with Crippen LogP contribution in [0, 0.1) is 51.2 Å². The van der Waals surface area contributed by atoms with E-state index in [9.17, 15) is 9.90 Å². The van der Waals surface area contributed by atoms with Gasteiger partial charge in [0.2, 0.25) is 0 Å². The van der Waals surface area contributed by atoms with E-state index >= 15 is 0 Å². The molecule has 8 aliphatic rings. The van der Waals surface area contributed by atoms with Crippen molar-refractivity contribution in [2.45, 2.75) is 142 Å². The van der Waals surface area contributed by atoms with Gasteiger partial charge in [-0.2, -0.15) is 0 Å². The number of esters is 1. The van der Waals surface area contributed by atoms with E-state index in [0.717, 1.165) is 43.1 Å². The van der Waals surface area contributed by atoms with E-state index in [1.54, 1.807) is 0 Å². The summed E-state index contributed by atoms with van der Waals surface area (Å²) in [7, 11) is 0. The zero-order chi connectivity index (χ0) is 26.2. The summed E-state index contributed by atoms with van der Waals surface area (Å²) in [6.45, 7) is 13.5. The van der Waals surface area contributed by atoms with Crippen LogP contribution in [0.15, 0.2) is 0 Å². The van der Waals surface area contributed by atoms with Crippen LogP contribution in [0.2, 0.25) is 0 Å². The highest BCUT2D eigenvalue weighted by atomic mass is 16.6. The molecule has 0 aromatic carbocycles. The molecule has 3 heterocycles. The standard InChI is InChI=1S/C32H51NO4/c1-18(2)20-9-14-28(4)21-10-16-31-13-7-8-23(31)32(28,25(20)33-26(21)31)17-11-22-29(5)15-12-24(36-19(3)34)30(22,6)27(35)37-29/h18,20-27,33,35H,7-17H2,1-6H3/t20?,21?,22?,23-,24?,25?,26?,27?,28?,29?,30?,31-,32?/m0/s1. The molecule has 8 fully saturated rings. The molecule has 8 bridgehead atoms. The van der Waals surface area contributed by atoms with Crippen molar-refractivity contribution >= 4 is 5.97 Å². The van der Waals surface area contributed by atoms with Crippen LogP contribution in [0.25, 0.3) is 0 Å². The van der Waals surface area contributed by atoms with Crippen LogP contribution in [-0.2, 0) is 14.3 Å². The second-order valence-corrected chi connectivity index (χ2v) is 15.7. The molecule has 3 saturated heterocycles. The maximum absolute atomic E-state index is 12.1. The number of carbonyl (C=O) groups is 1. The van der Waals surface area contributed by atoms with Crippen molar-refractivity contribution in [3.63, 3.8) is 0 Å². The highest BCUT2D eigenvalue weighted by molar-refractivity contribution is 5.66. The molecule has 13 atom stereocenters. The Balaban J connectivity index is 1.30. The Morgan fingerprint density at radius 3 is 2.57 bits per heavy atom. The number of carbonyl (C=O) groups excluding carboxylic acids is 1. The van der Waals surface area contributed by atoms with Gasteiger partial charge in [-0.25, -0.2) is 0 Å². The molecular formula is C32H51NO4. The molecule has 5 heteroatoms. The number of hydrogen-bond acceptors (Lipinski definition) is 5. The normalized spacial score (nSPS) is 59.1. The Morgan fingerprint density at radius 2 is 1.84 bits per heavy atom. The first kappa shape index (κ1) is 25.3. The van der Waals surface area contributed by atoms with Crippen molar-refractivity contribution < 1.29 is 19.4 Å². The lowest BCUT2D eigenvalue weighted by atomic mass is 9.33. The fraction of sp³-hybridized carbons (Fsp3) is 0.969. The Hall–Kier alpha value is -0.650. The maximum atomic E-state index is 12.1. The lowest BCUT2D eigenvalue weighted by Crippen LogP contribution is -2.80. The smallest absolute Gasteiger partial charge is 0.302 e. The SMILES string of the molecule is CC(=O)OC1CCC2(C)OC(O)C1(C)C2CCC12C3NC4C(CC[C@]45CCC[C@H]15)C2(C)CCC3C(C)C. The number of nitrogens with one attached hydrogen (secondary N) is 1. The average molecular weight is 514 g/mol. The lowest BCUT2D eigenvalue weighted by Gasteiger charge is -2.76. The summed E-state index contributed by atoms with van der Waals surface area (Å²) in [5.74, 6) is 3.05. The molecule has 0 aromatic rings. The quantitative estimate of drug-likeness (QED) is 0.453. The monoisotopic (exact) mass is 513 g/mol. The first-order chi connectivity index (χ1) is 17.4. The Morgan fingerprint density at radius 1 is 1.05 bits per heavy atom. The summed E-state index contributed by atoms with van der Waals surface area (Å²) >= 11 is 0. The minimum absolute atomic E-state index is 0.193. The summed E-state index contributed by atoms with van der Waals surface area (Å²) in [5.41, 5.74) is 0.348. The molecule has 1 spiro atoms. The van der Waals surface area contributed by atoms with Gasteiger partial charge in [0.15, 0.2) is 6.29 Å². The third-order valence-corrected chi connectivity index (χ3v) is 14.6. The summed E-state index contributed by atoms with van der Waals surface area (Å²) < 4.78 is 12.3. The molecule has 5 nitrogen and oxygen atoms in total. The predicted molar refractivity (Wildman–Crippen MR) is 142 cm³/mol. The van der Waals surface area contributed by atoms with Gasteiger partial charge in [-0.15, -0.1) is 0 Å². The van der Waals surface area contributed by atoms with Crippen molar-refractivity contribution in [3.8, 4) is 0 Å². The van der Waals surface area contributed by atoms with Gasteiger partial charge < -0.3 is 19.9 Å². The number of aliphatic hydroxyl groups excluding tert-OH is 1. The summed E-state index contributed by atoms with van der Waals surface area (Å²) in [4.78, 5) is 12.1. The lowest BCUT2D eigenvalue weighted by molar-refractivity contribution is -0.249. The minimum atomic E-state index is -0.875. The summed E-state index contributed by atoms with van der Waals surface area (Å²) in [6.07, 6.45) is 12.6. The van der Waals surface area contributed by atoms with Gasteiger partial charge in [0, 0.05) is 24.9 Å². The molecule has 5 saturated carbocycles. The van der Waals surface area contributed by atoms with Crippen LogP contribution in [0.5, 0.6) is 0 Å². The summed E-state index contributed by atoms with van der Waals surface area (Å²) in [6, 6.07) is 1.34. The van der Waals surface area contributed by atoms with Gasteiger partial charge in [0.05, 0.1) is 11.0 Å². The van der Waals surface area contributed by atoms with E-state index in [2.05, 4.69) is 39.9 Å². The van der Waals surface area contributed by atoms with Crippen LogP contribution in [0.4, 0.5) is 0 Å². The average Bonchev–Trinajstić information content (AvgIpc) is 3.44. The largest absolute Gasteiger partial charge is 0.462 e. The van der Waals surface area contributed by atoms with E-state index in [1.807, 2.05) is 0 Å². The highest BCUT2D eigenvalue weighted by Crippen LogP contribution is 2.81. The van der Waals surface area contributed by atoms with E-state index in [0.29, 0.717) is 28.2 Å². The summed E-state index contributed by atoms with van der Waals surface area (Å²) in [5, 5.41) is 15.7. The van der Waals surface area contributed by atoms with Crippen LogP contribution in [-0.4, -0.2) is 41.2 Å². The minimum Gasteiger partial charge on any atom is -0.462 e. The zero-order valence-electron chi connectivity index (χ0n) is 24.1. The molecule has 5 aliphatic carbocycles. The van der Waals surface area contributed by atoms with Gasteiger partial charge in [0.25, 0.3) is 0 Å². The maximum Gasteiger partial charge on any atom is 0.302 e. The number of aliphatic hydroxyl groups is 1. The third-order valence-electron chi connectivity index (χ3n) is 14.6. The second-order valence-electron chi connectivity index (χ2n) is 15.7. The van der Waals surface area contributed by atoms with Gasteiger partial charge in [0.1, 0.15) is 6.10 Å². The molecule has 37 heavy (non-hydrogen) atoms. The highest BCUT2D eigenvalue weighted by Gasteiger charge is 2.80. The molecule has 0 aromatic heterocycles. The van der Waals surface area contributed by atoms with Crippen molar-refractivity contribution in [2.75, 3.05) is 0 Å². The second kappa shape index (κ2) is 7.75. The van der Waals surface area contributed by atoms with Gasteiger partial charge in [-0.3, -0.25) is 4.79 Å². The molecule has 2 N–H and O–H groups in total. The van der Waals surface area contributed by atoms with Crippen LogP contribution >= 0.6 is 0 Å². The Labute approximate surface area is 224 Å². The number of hydrogen-bond donors (Lipinski definition) is 2. The topological polar surface area (TPSA) is 67.8 Å². The van der Waals surface area contributed by atoms with E-state index in [-0.39, 0.29) is 23.6 Å². The van der Waals surface area contributed by atoms with Crippen molar-refractivity contribution in [1.29, 1.82) is 0 Å². The van der Waals surface area contributed by atoms with Gasteiger partial charge in [-0.1, -0.05) is 34.1 Å². The molecule has 3 aliphatic heterocycles. The van der Waals surface area contributed by atoms with Gasteiger partial charge >= 0.3 is 5.97 Å². The molecule has 11 unspecified atom stereocenters. The Kier molecular flexibility index (Phi) is 5.31. The zero-order valence-corrected chi connectivity index (χ0v) is 24.1. The first-order valence-electron chi connectivity index (χ1n) is 15.7. The number of ether oxygens (including phenoxy) is 2. The van der Waals surface area contributed by atoms with E-state index in [4.69, 9.17) is 9.47 Å². The van der Waals surface area contributed by atoms with Crippen molar-refractivity contribution in [3.05, 3.63) is 0 Å². The van der Waals surface area contributed by atoms with Gasteiger partial charge in [-0.05, 0) is 111 Å². The van der Waals surface area contributed by atoms with Crippen LogP contribution < -0.4 is 5.32 Å². The first-order valence-corrected chi connectivity index (χ1v) is 15.7. The molecule has 0 amide bonds. The number of fused-ring (bicyclic) bond motifs is 2. The predicted octanol–water partition coefficient (Wildman–Crippen LogP) is 5.83.